The van der Waals surface area contributed by atoms with Crippen molar-refractivity contribution >= 4 is 17.8 Å². The largest absolute Gasteiger partial charge is 0.466 e. The van der Waals surface area contributed by atoms with Crippen LogP contribution in [0.15, 0.2) is 0 Å². The van der Waals surface area contributed by atoms with Crippen LogP contribution in [-0.2, 0) is 32.1 Å². The van der Waals surface area contributed by atoms with Crippen molar-refractivity contribution < 1.29 is 19.1 Å². The van der Waals surface area contributed by atoms with Gasteiger partial charge in [0.25, 0.3) is 0 Å². The number of hydrogen-bond acceptors (Lipinski definition) is 5. The molecule has 0 spiro atoms. The Hall–Kier alpha value is -2.38. The van der Waals surface area contributed by atoms with Gasteiger partial charge in [0.15, 0.2) is 0 Å². The minimum atomic E-state index is -0.277. The number of likely N-dealkylation sites (N-methyl/N-ethyl adjacent to an activating group) is 1. The standard InChI is InChI=1S/C22H36N4O4/c1-7-30-22(29)18-9-8-10-25(13-18)21(28)14-24(6)20(27)11-19-16(4)23-26(17(19)5)12-15(2)3/h15,18H,7-14H2,1-6H3. The first-order chi connectivity index (χ1) is 14.1. The smallest absolute Gasteiger partial charge is 0.310 e. The zero-order valence-electron chi connectivity index (χ0n) is 19.2. The third-order valence-corrected chi connectivity index (χ3v) is 5.59. The Morgan fingerprint density at radius 1 is 1.27 bits per heavy atom. The van der Waals surface area contributed by atoms with Crippen LogP contribution < -0.4 is 0 Å². The number of amides is 2. The maximum atomic E-state index is 12.8. The second-order valence-corrected chi connectivity index (χ2v) is 8.58. The molecule has 0 saturated carbocycles. The van der Waals surface area contributed by atoms with Gasteiger partial charge in [-0.3, -0.25) is 19.1 Å². The lowest BCUT2D eigenvalue weighted by molar-refractivity contribution is -0.152. The van der Waals surface area contributed by atoms with Gasteiger partial charge >= 0.3 is 5.97 Å². The normalized spacial score (nSPS) is 16.6. The molecule has 2 amide bonds. The van der Waals surface area contributed by atoms with E-state index in [-0.39, 0.29) is 36.7 Å². The molecular formula is C22H36N4O4. The van der Waals surface area contributed by atoms with Crippen molar-refractivity contribution in [3.05, 3.63) is 17.0 Å². The van der Waals surface area contributed by atoms with E-state index in [2.05, 4.69) is 18.9 Å². The minimum Gasteiger partial charge on any atom is -0.466 e. The second-order valence-electron chi connectivity index (χ2n) is 8.58. The van der Waals surface area contributed by atoms with Gasteiger partial charge in [-0.05, 0) is 39.5 Å². The third-order valence-electron chi connectivity index (χ3n) is 5.59. The van der Waals surface area contributed by atoms with E-state index < -0.39 is 0 Å². The number of esters is 1. The molecule has 8 nitrogen and oxygen atoms in total. The second kappa shape index (κ2) is 10.6. The number of carbonyl (C=O) groups is 3. The van der Waals surface area contributed by atoms with Crippen LogP contribution in [-0.4, -0.2) is 70.7 Å². The fourth-order valence-electron chi connectivity index (χ4n) is 3.85. The molecule has 0 aromatic carbocycles. The Bertz CT molecular complexity index is 771. The van der Waals surface area contributed by atoms with Gasteiger partial charge in [-0.25, -0.2) is 0 Å². The number of piperidine rings is 1. The van der Waals surface area contributed by atoms with Gasteiger partial charge in [-0.2, -0.15) is 5.10 Å². The molecule has 0 bridgehead atoms. The van der Waals surface area contributed by atoms with E-state index in [1.807, 2.05) is 18.5 Å². The van der Waals surface area contributed by atoms with E-state index in [9.17, 15) is 14.4 Å². The Kier molecular flexibility index (Phi) is 8.43. The first kappa shape index (κ1) is 23.9. The highest BCUT2D eigenvalue weighted by atomic mass is 16.5. The highest BCUT2D eigenvalue weighted by Gasteiger charge is 2.30. The summed E-state index contributed by atoms with van der Waals surface area (Å²) in [5.74, 6) is -0.305. The number of likely N-dealkylation sites (tertiary alicyclic amines) is 1. The summed E-state index contributed by atoms with van der Waals surface area (Å²) >= 11 is 0. The Balaban J connectivity index is 1.95. The van der Waals surface area contributed by atoms with Crippen molar-refractivity contribution in [1.29, 1.82) is 0 Å². The van der Waals surface area contributed by atoms with Crippen LogP contribution >= 0.6 is 0 Å². The zero-order chi connectivity index (χ0) is 22.4. The highest BCUT2D eigenvalue weighted by Crippen LogP contribution is 2.19. The van der Waals surface area contributed by atoms with E-state index in [0.29, 0.717) is 25.6 Å². The number of ether oxygens (including phenoxy) is 1. The highest BCUT2D eigenvalue weighted by molar-refractivity contribution is 5.86. The van der Waals surface area contributed by atoms with Gasteiger partial charge in [-0.15, -0.1) is 0 Å². The summed E-state index contributed by atoms with van der Waals surface area (Å²) in [5.41, 5.74) is 2.79. The fraction of sp³-hybridized carbons (Fsp3) is 0.727. The summed E-state index contributed by atoms with van der Waals surface area (Å²) < 4.78 is 7.05. The summed E-state index contributed by atoms with van der Waals surface area (Å²) in [4.78, 5) is 40.6. The van der Waals surface area contributed by atoms with E-state index in [4.69, 9.17) is 4.74 Å². The van der Waals surface area contributed by atoms with Crippen LogP contribution in [0.1, 0.15) is 50.6 Å². The lowest BCUT2D eigenvalue weighted by Gasteiger charge is -2.32. The van der Waals surface area contributed by atoms with Crippen LogP contribution in [0.2, 0.25) is 0 Å². The number of aryl methyl sites for hydroxylation is 1. The van der Waals surface area contributed by atoms with Gasteiger partial charge in [0.05, 0.1) is 31.2 Å². The van der Waals surface area contributed by atoms with Crippen molar-refractivity contribution in [3.8, 4) is 0 Å². The number of hydrogen-bond donors (Lipinski definition) is 0. The number of carbonyl (C=O) groups excluding carboxylic acids is 3. The topological polar surface area (TPSA) is 84.7 Å². The predicted molar refractivity (Wildman–Crippen MR) is 114 cm³/mol. The van der Waals surface area contributed by atoms with E-state index in [1.165, 1.54) is 4.90 Å². The molecule has 1 aliphatic heterocycles. The fourth-order valence-corrected chi connectivity index (χ4v) is 3.85. The van der Waals surface area contributed by atoms with Crippen molar-refractivity contribution in [2.45, 2.75) is 60.4 Å². The van der Waals surface area contributed by atoms with Crippen LogP contribution in [0.5, 0.6) is 0 Å². The number of rotatable bonds is 8. The van der Waals surface area contributed by atoms with E-state index in [1.54, 1.807) is 18.9 Å². The summed E-state index contributed by atoms with van der Waals surface area (Å²) in [7, 11) is 1.65. The van der Waals surface area contributed by atoms with Crippen LogP contribution in [0.4, 0.5) is 0 Å². The molecule has 1 atom stereocenters. The van der Waals surface area contributed by atoms with Crippen molar-refractivity contribution in [2.24, 2.45) is 11.8 Å². The van der Waals surface area contributed by atoms with Gasteiger partial charge in [0.2, 0.25) is 11.8 Å². The molecule has 1 aliphatic rings. The molecule has 30 heavy (non-hydrogen) atoms. The third kappa shape index (κ3) is 6.06. The average Bonchev–Trinajstić information content (AvgIpc) is 2.94. The first-order valence-corrected chi connectivity index (χ1v) is 10.8. The summed E-state index contributed by atoms with van der Waals surface area (Å²) in [5, 5.41) is 4.56. The molecule has 2 rings (SSSR count). The summed E-state index contributed by atoms with van der Waals surface area (Å²) in [6, 6.07) is 0. The molecule has 1 unspecified atom stereocenters. The van der Waals surface area contributed by atoms with Crippen molar-refractivity contribution in [1.82, 2.24) is 19.6 Å². The molecule has 1 aromatic rings. The minimum absolute atomic E-state index is 0.00655. The lowest BCUT2D eigenvalue weighted by atomic mass is 9.98. The average molecular weight is 421 g/mol. The number of aromatic nitrogens is 2. The van der Waals surface area contributed by atoms with Crippen molar-refractivity contribution in [3.63, 3.8) is 0 Å². The van der Waals surface area contributed by atoms with E-state index >= 15 is 0 Å². The number of nitrogens with zero attached hydrogens (tertiary/aromatic N) is 4. The maximum absolute atomic E-state index is 12.8. The Morgan fingerprint density at radius 3 is 2.60 bits per heavy atom. The van der Waals surface area contributed by atoms with Crippen molar-refractivity contribution in [2.75, 3.05) is 33.3 Å². The molecule has 0 aliphatic carbocycles. The molecule has 8 heteroatoms. The Morgan fingerprint density at radius 2 is 1.97 bits per heavy atom. The quantitative estimate of drug-likeness (QED) is 0.600. The predicted octanol–water partition coefficient (Wildman–Crippen LogP) is 1.96. The van der Waals surface area contributed by atoms with Gasteiger partial charge in [0.1, 0.15) is 0 Å². The summed E-state index contributed by atoms with van der Waals surface area (Å²) in [6.45, 7) is 12.1. The monoisotopic (exact) mass is 420 g/mol. The van der Waals surface area contributed by atoms with Crippen LogP contribution in [0.25, 0.3) is 0 Å². The maximum Gasteiger partial charge on any atom is 0.310 e. The Labute approximate surface area is 179 Å². The molecule has 1 aromatic heterocycles. The lowest BCUT2D eigenvalue weighted by Crippen LogP contribution is -2.47. The molecular weight excluding hydrogens is 384 g/mol. The molecule has 2 heterocycles. The van der Waals surface area contributed by atoms with Gasteiger partial charge < -0.3 is 14.5 Å². The van der Waals surface area contributed by atoms with Gasteiger partial charge in [0, 0.05) is 37.9 Å². The SMILES string of the molecule is CCOC(=O)C1CCCN(C(=O)CN(C)C(=O)Cc2c(C)nn(CC(C)C)c2C)C1. The van der Waals surface area contributed by atoms with Crippen LogP contribution in [0, 0.1) is 25.7 Å². The molecule has 168 valence electrons. The van der Waals surface area contributed by atoms with Gasteiger partial charge in [-0.1, -0.05) is 13.8 Å². The molecule has 1 saturated heterocycles. The zero-order valence-corrected chi connectivity index (χ0v) is 19.2. The van der Waals surface area contributed by atoms with Crippen LogP contribution in [0.3, 0.4) is 0 Å². The summed E-state index contributed by atoms with van der Waals surface area (Å²) in [6.07, 6.45) is 1.72. The van der Waals surface area contributed by atoms with E-state index in [0.717, 1.165) is 36.3 Å². The molecule has 0 radical (unpaired) electrons. The molecule has 1 fully saturated rings. The molecule has 0 N–H and O–H groups in total. The first-order valence-electron chi connectivity index (χ1n) is 10.8.